The van der Waals surface area contributed by atoms with E-state index in [9.17, 15) is 4.79 Å². The van der Waals surface area contributed by atoms with Crippen LogP contribution in [0.3, 0.4) is 0 Å². The molecule has 1 atom stereocenters. The molecule has 1 N–H and O–H groups in total. The monoisotopic (exact) mass is 261 g/mol. The Hall–Kier alpha value is -1.39. The first-order valence-corrected chi connectivity index (χ1v) is 6.91. The molecule has 104 valence electrons. The summed E-state index contributed by atoms with van der Waals surface area (Å²) in [6.07, 6.45) is 0. The molecule has 0 spiro atoms. The van der Waals surface area contributed by atoms with Gasteiger partial charge in [-0.1, -0.05) is 30.3 Å². The lowest BCUT2D eigenvalue weighted by Crippen LogP contribution is -2.54. The second kappa shape index (κ2) is 6.68. The molecule has 1 aliphatic rings. The van der Waals surface area contributed by atoms with E-state index in [1.54, 1.807) is 0 Å². The van der Waals surface area contributed by atoms with E-state index in [1.165, 1.54) is 5.56 Å². The summed E-state index contributed by atoms with van der Waals surface area (Å²) >= 11 is 0. The van der Waals surface area contributed by atoms with Gasteiger partial charge in [0.15, 0.2) is 0 Å². The van der Waals surface area contributed by atoms with Gasteiger partial charge in [-0.3, -0.25) is 9.69 Å². The molecular formula is C15H23N3O. The number of rotatable bonds is 4. The molecule has 1 heterocycles. The highest BCUT2D eigenvalue weighted by molar-refractivity contribution is 5.78. The predicted octanol–water partition coefficient (Wildman–Crippen LogP) is 0.939. The van der Waals surface area contributed by atoms with Crippen LogP contribution in [0.15, 0.2) is 30.3 Å². The average molecular weight is 261 g/mol. The van der Waals surface area contributed by atoms with Crippen molar-refractivity contribution in [1.82, 2.24) is 15.1 Å². The fourth-order valence-electron chi connectivity index (χ4n) is 2.54. The second-order valence-corrected chi connectivity index (χ2v) is 5.18. The summed E-state index contributed by atoms with van der Waals surface area (Å²) in [4.78, 5) is 16.3. The van der Waals surface area contributed by atoms with Crippen LogP contribution < -0.4 is 5.32 Å². The van der Waals surface area contributed by atoms with Crippen molar-refractivity contribution in [2.45, 2.75) is 19.5 Å². The van der Waals surface area contributed by atoms with Crippen LogP contribution in [0.1, 0.15) is 12.5 Å². The van der Waals surface area contributed by atoms with Crippen LogP contribution in [0.4, 0.5) is 0 Å². The van der Waals surface area contributed by atoms with Gasteiger partial charge in [0.1, 0.15) is 0 Å². The summed E-state index contributed by atoms with van der Waals surface area (Å²) in [7, 11) is 1.81. The molecular weight excluding hydrogens is 238 g/mol. The fraction of sp³-hybridized carbons (Fsp3) is 0.533. The Morgan fingerprint density at radius 2 is 2.05 bits per heavy atom. The van der Waals surface area contributed by atoms with Crippen LogP contribution >= 0.6 is 0 Å². The number of hydrogen-bond donors (Lipinski definition) is 1. The smallest absolute Gasteiger partial charge is 0.236 e. The van der Waals surface area contributed by atoms with E-state index in [0.717, 1.165) is 26.2 Å². The molecule has 2 rings (SSSR count). The Morgan fingerprint density at radius 1 is 1.32 bits per heavy atom. The molecule has 4 nitrogen and oxygen atoms in total. The Balaban J connectivity index is 1.88. The molecule has 1 amide bonds. The van der Waals surface area contributed by atoms with Crippen molar-refractivity contribution in [2.75, 3.05) is 33.2 Å². The van der Waals surface area contributed by atoms with Crippen molar-refractivity contribution >= 4 is 5.91 Å². The summed E-state index contributed by atoms with van der Waals surface area (Å²) in [6, 6.07) is 10.9. The van der Waals surface area contributed by atoms with Gasteiger partial charge >= 0.3 is 0 Å². The summed E-state index contributed by atoms with van der Waals surface area (Å²) in [6.45, 7) is 6.21. The van der Waals surface area contributed by atoms with Gasteiger partial charge < -0.3 is 10.2 Å². The normalized spacial score (nSPS) is 20.5. The molecule has 1 saturated heterocycles. The highest BCUT2D eigenvalue weighted by Crippen LogP contribution is 2.13. The lowest BCUT2D eigenvalue weighted by molar-refractivity contribution is -0.133. The maximum atomic E-state index is 11.9. The van der Waals surface area contributed by atoms with E-state index < -0.39 is 0 Å². The van der Waals surface area contributed by atoms with Gasteiger partial charge in [-0.2, -0.15) is 0 Å². The van der Waals surface area contributed by atoms with Gasteiger partial charge in [-0.25, -0.2) is 0 Å². The Labute approximate surface area is 115 Å². The molecule has 0 bridgehead atoms. The van der Waals surface area contributed by atoms with Crippen LogP contribution in [-0.2, 0) is 11.3 Å². The first kappa shape index (κ1) is 14.0. The van der Waals surface area contributed by atoms with Gasteiger partial charge in [0.05, 0.1) is 6.54 Å². The number of nitrogens with one attached hydrogen (secondary N) is 1. The van der Waals surface area contributed by atoms with Crippen molar-refractivity contribution in [3.8, 4) is 0 Å². The zero-order chi connectivity index (χ0) is 13.7. The van der Waals surface area contributed by atoms with E-state index in [0.29, 0.717) is 12.6 Å². The number of benzene rings is 1. The number of likely N-dealkylation sites (N-methyl/N-ethyl adjacent to an activating group) is 1. The Morgan fingerprint density at radius 3 is 2.68 bits per heavy atom. The largest absolute Gasteiger partial charge is 0.339 e. The zero-order valence-corrected chi connectivity index (χ0v) is 11.8. The van der Waals surface area contributed by atoms with Crippen LogP contribution in [0.25, 0.3) is 0 Å². The van der Waals surface area contributed by atoms with Crippen molar-refractivity contribution in [3.63, 3.8) is 0 Å². The van der Waals surface area contributed by atoms with Crippen molar-refractivity contribution in [3.05, 3.63) is 35.9 Å². The van der Waals surface area contributed by atoms with E-state index in [4.69, 9.17) is 0 Å². The van der Waals surface area contributed by atoms with Gasteiger partial charge in [0, 0.05) is 32.2 Å². The number of hydrogen-bond acceptors (Lipinski definition) is 3. The summed E-state index contributed by atoms with van der Waals surface area (Å²) in [5.74, 6) is 0.203. The van der Waals surface area contributed by atoms with Crippen LogP contribution in [0.5, 0.6) is 0 Å². The summed E-state index contributed by atoms with van der Waals surface area (Å²) in [5, 5.41) is 2.93. The number of carbonyl (C=O) groups excluding carboxylic acids is 1. The molecule has 0 aliphatic carbocycles. The first-order valence-electron chi connectivity index (χ1n) is 6.91. The third-order valence-corrected chi connectivity index (χ3v) is 3.67. The van der Waals surface area contributed by atoms with E-state index in [2.05, 4.69) is 41.4 Å². The van der Waals surface area contributed by atoms with Crippen LogP contribution in [0.2, 0.25) is 0 Å². The standard InChI is InChI=1S/C15H23N3O/c1-13-11-18(15(19)10-16-2)9-8-17(13)12-14-6-4-3-5-7-14/h3-7,13,16H,8-12H2,1-2H3. The van der Waals surface area contributed by atoms with Gasteiger partial charge in [-0.05, 0) is 19.5 Å². The third-order valence-electron chi connectivity index (χ3n) is 3.67. The molecule has 1 unspecified atom stereocenters. The SMILES string of the molecule is CNCC(=O)N1CCN(Cc2ccccc2)C(C)C1. The maximum absolute atomic E-state index is 11.9. The van der Waals surface area contributed by atoms with Crippen LogP contribution in [0, 0.1) is 0 Å². The molecule has 0 saturated carbocycles. The molecule has 0 radical (unpaired) electrons. The van der Waals surface area contributed by atoms with E-state index >= 15 is 0 Å². The quantitative estimate of drug-likeness (QED) is 0.876. The number of nitrogens with zero attached hydrogens (tertiary/aromatic N) is 2. The minimum atomic E-state index is 0.203. The fourth-order valence-corrected chi connectivity index (χ4v) is 2.54. The van der Waals surface area contributed by atoms with Crippen molar-refractivity contribution in [2.24, 2.45) is 0 Å². The van der Waals surface area contributed by atoms with Crippen molar-refractivity contribution < 1.29 is 4.79 Å². The molecule has 1 fully saturated rings. The summed E-state index contributed by atoms with van der Waals surface area (Å²) in [5.41, 5.74) is 1.34. The second-order valence-electron chi connectivity index (χ2n) is 5.18. The lowest BCUT2D eigenvalue weighted by Gasteiger charge is -2.40. The summed E-state index contributed by atoms with van der Waals surface area (Å²) < 4.78 is 0. The Bertz CT molecular complexity index is 407. The van der Waals surface area contributed by atoms with Gasteiger partial charge in [0.2, 0.25) is 5.91 Å². The average Bonchev–Trinajstić information content (AvgIpc) is 2.42. The van der Waals surface area contributed by atoms with Crippen molar-refractivity contribution in [1.29, 1.82) is 0 Å². The molecule has 4 heteroatoms. The number of carbonyl (C=O) groups is 1. The highest BCUT2D eigenvalue weighted by Gasteiger charge is 2.25. The minimum Gasteiger partial charge on any atom is -0.339 e. The van der Waals surface area contributed by atoms with Crippen LogP contribution in [-0.4, -0.2) is 55.0 Å². The predicted molar refractivity (Wildman–Crippen MR) is 76.8 cm³/mol. The number of piperazine rings is 1. The minimum absolute atomic E-state index is 0.203. The topological polar surface area (TPSA) is 35.6 Å². The lowest BCUT2D eigenvalue weighted by atomic mass is 10.1. The Kier molecular flexibility index (Phi) is 4.93. The van der Waals surface area contributed by atoms with E-state index in [1.807, 2.05) is 18.0 Å². The highest BCUT2D eigenvalue weighted by atomic mass is 16.2. The molecule has 1 aromatic carbocycles. The zero-order valence-electron chi connectivity index (χ0n) is 11.8. The van der Waals surface area contributed by atoms with E-state index in [-0.39, 0.29) is 5.91 Å². The molecule has 0 aromatic heterocycles. The number of amides is 1. The molecule has 1 aromatic rings. The molecule has 19 heavy (non-hydrogen) atoms. The third kappa shape index (κ3) is 3.78. The maximum Gasteiger partial charge on any atom is 0.236 e. The first-order chi connectivity index (χ1) is 9.20. The van der Waals surface area contributed by atoms with Gasteiger partial charge in [0.25, 0.3) is 0 Å². The molecule has 1 aliphatic heterocycles. The van der Waals surface area contributed by atoms with Gasteiger partial charge in [-0.15, -0.1) is 0 Å².